The topological polar surface area (TPSA) is 13.1 Å². The van der Waals surface area contributed by atoms with Crippen molar-refractivity contribution in [2.45, 2.75) is 0 Å². The van der Waals surface area contributed by atoms with Gasteiger partial charge < -0.3 is 4.42 Å². The molecule has 7 aromatic carbocycles. The van der Waals surface area contributed by atoms with Crippen LogP contribution in [0.4, 0.5) is 0 Å². The maximum absolute atomic E-state index is 9.17. The molecule has 0 aliphatic heterocycles. The third-order valence-corrected chi connectivity index (χ3v) is 7.04. The summed E-state index contributed by atoms with van der Waals surface area (Å²) in [5.74, 6) is 0. The Morgan fingerprint density at radius 3 is 1.69 bits per heavy atom. The van der Waals surface area contributed by atoms with Crippen LogP contribution in [0.15, 0.2) is 150 Å². The molecule has 0 bridgehead atoms. The van der Waals surface area contributed by atoms with E-state index in [0.717, 1.165) is 21.9 Å². The number of benzene rings is 7. The van der Waals surface area contributed by atoms with Crippen LogP contribution in [-0.2, 0) is 0 Å². The van der Waals surface area contributed by atoms with E-state index in [9.17, 15) is 0 Å². The van der Waals surface area contributed by atoms with Gasteiger partial charge in [0.05, 0.1) is 22.7 Å². The first kappa shape index (κ1) is 12.6. The monoisotopic (exact) mass is 509 g/mol. The van der Waals surface area contributed by atoms with Crippen molar-refractivity contribution in [3.8, 4) is 33.4 Å². The van der Waals surface area contributed by atoms with Crippen molar-refractivity contribution in [1.29, 1.82) is 0 Å². The normalized spacial score (nSPS) is 16.3. The average molecular weight is 510 g/mol. The van der Waals surface area contributed by atoms with Crippen LogP contribution in [0.2, 0.25) is 0 Å². The van der Waals surface area contributed by atoms with Gasteiger partial charge in [-0.3, -0.25) is 0 Å². The van der Waals surface area contributed by atoms with Crippen molar-refractivity contribution in [3.05, 3.63) is 145 Å². The second-order valence-electron chi connectivity index (χ2n) is 9.17. The fourth-order valence-corrected chi connectivity index (χ4v) is 5.24. The molecule has 0 saturated heterocycles. The molecule has 0 aliphatic carbocycles. The van der Waals surface area contributed by atoms with Crippen LogP contribution < -0.4 is 0 Å². The largest absolute Gasteiger partial charge is 0.464 e. The van der Waals surface area contributed by atoms with E-state index in [1.54, 1.807) is 12.1 Å². The summed E-state index contributed by atoms with van der Waals surface area (Å²) in [6, 6.07) is 14.0. The summed E-state index contributed by atoms with van der Waals surface area (Å²) < 4.78 is 119. The zero-order valence-corrected chi connectivity index (χ0v) is 20.3. The molecule has 39 heavy (non-hydrogen) atoms. The molecule has 0 spiro atoms. The fraction of sp³-hybridized carbons (Fsp3) is 0. The summed E-state index contributed by atoms with van der Waals surface area (Å²) in [6.07, 6.45) is -0.670. The SMILES string of the molecule is [2H]c1oc2c([2H])c([2H])c([2H])c([2H])c2c1-c1c2c([2H])c([2H])c([2H])c([2H])c2c(-c2ccc(-c3ccc4ccccc4c3)cc2)c2c([2H])c([2H])c([2H])c([2H])c12. The highest BCUT2D eigenvalue weighted by atomic mass is 16.3. The zero-order chi connectivity index (χ0) is 37.1. The second kappa shape index (κ2) is 8.72. The van der Waals surface area contributed by atoms with Crippen LogP contribution in [0.25, 0.3) is 76.7 Å². The Bertz CT molecular complexity index is 2800. The van der Waals surface area contributed by atoms with Crippen molar-refractivity contribution in [3.63, 3.8) is 0 Å². The maximum Gasteiger partial charge on any atom is 0.134 e. The Kier molecular flexibility index (Phi) is 2.82. The molecule has 182 valence electrons. The van der Waals surface area contributed by atoms with Gasteiger partial charge in [0.25, 0.3) is 0 Å². The Morgan fingerprint density at radius 1 is 0.462 bits per heavy atom. The molecule has 8 aromatic rings. The van der Waals surface area contributed by atoms with E-state index < -0.39 is 78.7 Å². The minimum Gasteiger partial charge on any atom is -0.464 e. The second-order valence-corrected chi connectivity index (χ2v) is 9.17. The predicted octanol–water partition coefficient (Wildman–Crippen LogP) is 10.9. The molecule has 1 aromatic heterocycles. The number of furan rings is 1. The maximum atomic E-state index is 9.17. The molecule has 0 radical (unpaired) electrons. The predicted molar refractivity (Wildman–Crippen MR) is 165 cm³/mol. The zero-order valence-electron chi connectivity index (χ0n) is 33.3. The first-order chi connectivity index (χ1) is 24.7. The van der Waals surface area contributed by atoms with Gasteiger partial charge in [-0.15, -0.1) is 0 Å². The van der Waals surface area contributed by atoms with Crippen molar-refractivity contribution in [2.75, 3.05) is 0 Å². The van der Waals surface area contributed by atoms with Crippen LogP contribution in [0.5, 0.6) is 0 Å². The first-order valence-corrected chi connectivity index (χ1v) is 12.3. The van der Waals surface area contributed by atoms with Crippen LogP contribution in [0, 0.1) is 0 Å². The number of hydrogen-bond acceptors (Lipinski definition) is 1. The van der Waals surface area contributed by atoms with Crippen LogP contribution in [0.1, 0.15) is 17.8 Å². The summed E-state index contributed by atoms with van der Waals surface area (Å²) in [5.41, 5.74) is 1.37. The summed E-state index contributed by atoms with van der Waals surface area (Å²) in [4.78, 5) is 0. The highest BCUT2D eigenvalue weighted by molar-refractivity contribution is 6.23. The van der Waals surface area contributed by atoms with E-state index in [2.05, 4.69) is 0 Å². The minimum absolute atomic E-state index is 0.0911. The Balaban J connectivity index is 1.57. The fourth-order valence-electron chi connectivity index (χ4n) is 5.24. The Morgan fingerprint density at radius 2 is 1.00 bits per heavy atom. The quantitative estimate of drug-likeness (QED) is 0.216. The molecular formula is C38H24O. The third kappa shape index (κ3) is 3.48. The van der Waals surface area contributed by atoms with E-state index in [0.29, 0.717) is 5.56 Å². The highest BCUT2D eigenvalue weighted by Gasteiger charge is 2.19. The molecule has 0 saturated carbocycles. The van der Waals surface area contributed by atoms with Gasteiger partial charge in [0.2, 0.25) is 0 Å². The molecule has 0 aliphatic rings. The Labute approximate surface area is 244 Å². The van der Waals surface area contributed by atoms with E-state index >= 15 is 0 Å². The average Bonchev–Trinajstić information content (AvgIpc) is 3.51. The van der Waals surface area contributed by atoms with E-state index in [4.69, 9.17) is 22.2 Å². The molecular weight excluding hydrogens is 472 g/mol. The van der Waals surface area contributed by atoms with Crippen LogP contribution >= 0.6 is 0 Å². The third-order valence-electron chi connectivity index (χ3n) is 7.04. The number of hydrogen-bond donors (Lipinski definition) is 0. The number of para-hydroxylation sites is 1. The van der Waals surface area contributed by atoms with E-state index in [1.807, 2.05) is 54.6 Å². The lowest BCUT2D eigenvalue weighted by molar-refractivity contribution is 0.617. The first-order valence-electron chi connectivity index (χ1n) is 18.8. The van der Waals surface area contributed by atoms with Crippen molar-refractivity contribution < 1.29 is 22.2 Å². The minimum atomic E-state index is -0.670. The molecule has 0 amide bonds. The lowest BCUT2D eigenvalue weighted by atomic mass is 9.85. The van der Waals surface area contributed by atoms with Gasteiger partial charge in [-0.25, -0.2) is 0 Å². The number of rotatable bonds is 3. The summed E-state index contributed by atoms with van der Waals surface area (Å²) in [6.45, 7) is 0. The van der Waals surface area contributed by atoms with Gasteiger partial charge in [0.15, 0.2) is 0 Å². The van der Waals surface area contributed by atoms with Gasteiger partial charge in [-0.05, 0) is 66.7 Å². The van der Waals surface area contributed by atoms with Gasteiger partial charge in [-0.1, -0.05) is 127 Å². The van der Waals surface area contributed by atoms with E-state index in [1.165, 1.54) is 0 Å². The molecule has 0 atom stereocenters. The molecule has 1 heteroatoms. The van der Waals surface area contributed by atoms with Gasteiger partial charge >= 0.3 is 0 Å². The van der Waals surface area contributed by atoms with Gasteiger partial charge in [0, 0.05) is 16.5 Å². The molecule has 1 nitrogen and oxygen atoms in total. The standard InChI is InChI=1S/C38H24O/c1-2-10-28-23-29(22-19-25(28)9-1)26-17-20-27(21-18-26)37-31-12-3-5-14-33(31)38(34-15-6-4-13-32(34)37)35-24-39-36-16-8-7-11-30(35)36/h1-24H/i3D,4D,5D,6D,7D,8D,11D,12D,13D,14D,15D,16D,24D. The highest BCUT2D eigenvalue weighted by Crippen LogP contribution is 2.45. The van der Waals surface area contributed by atoms with Gasteiger partial charge in [-0.2, -0.15) is 0 Å². The van der Waals surface area contributed by atoms with Crippen LogP contribution in [-0.4, -0.2) is 0 Å². The van der Waals surface area contributed by atoms with Crippen LogP contribution in [0.3, 0.4) is 0 Å². The molecule has 0 N–H and O–H groups in total. The molecule has 0 fully saturated rings. The summed E-state index contributed by atoms with van der Waals surface area (Å²) in [5, 5.41) is 1.28. The Hall–Kier alpha value is -5.14. The van der Waals surface area contributed by atoms with E-state index in [-0.39, 0.29) is 49.2 Å². The van der Waals surface area contributed by atoms with Gasteiger partial charge in [0.1, 0.15) is 6.95 Å². The number of fused-ring (bicyclic) bond motifs is 4. The van der Waals surface area contributed by atoms with Crippen molar-refractivity contribution in [2.24, 2.45) is 0 Å². The smallest absolute Gasteiger partial charge is 0.134 e. The molecule has 1 heterocycles. The van der Waals surface area contributed by atoms with Crippen molar-refractivity contribution >= 4 is 43.3 Å². The summed E-state index contributed by atoms with van der Waals surface area (Å²) in [7, 11) is 0. The van der Waals surface area contributed by atoms with Crippen molar-refractivity contribution in [1.82, 2.24) is 0 Å². The molecule has 0 unspecified atom stereocenters. The lowest BCUT2D eigenvalue weighted by Gasteiger charge is -2.17. The summed E-state index contributed by atoms with van der Waals surface area (Å²) >= 11 is 0. The lowest BCUT2D eigenvalue weighted by Crippen LogP contribution is -1.90. The molecule has 8 rings (SSSR count).